The molecule has 0 bridgehead atoms. The zero-order valence-corrected chi connectivity index (χ0v) is 19.9. The first-order chi connectivity index (χ1) is 17.0. The zero-order chi connectivity index (χ0) is 24.5. The van der Waals surface area contributed by atoms with Crippen molar-refractivity contribution < 1.29 is 18.5 Å². The first kappa shape index (κ1) is 22.7. The smallest absolute Gasteiger partial charge is 0.446 e. The number of hydrogen-bond donors (Lipinski definition) is 0. The maximum absolute atomic E-state index is 12.9. The van der Waals surface area contributed by atoms with Crippen LogP contribution in [0.4, 0.5) is 0 Å². The Kier molecular flexibility index (Phi) is 6.02. The van der Waals surface area contributed by atoms with Crippen molar-refractivity contribution in [3.05, 3.63) is 81.3 Å². The van der Waals surface area contributed by atoms with E-state index < -0.39 is 5.76 Å². The summed E-state index contributed by atoms with van der Waals surface area (Å²) in [6, 6.07) is 17.3. The predicted octanol–water partition coefficient (Wildman–Crippen LogP) is 5.53. The van der Waals surface area contributed by atoms with Crippen molar-refractivity contribution in [1.29, 1.82) is 0 Å². The minimum absolute atomic E-state index is 0.106. The highest BCUT2D eigenvalue weighted by Crippen LogP contribution is 2.39. The molecule has 0 amide bonds. The maximum Gasteiger partial charge on any atom is 0.446 e. The Labute approximate surface area is 208 Å². The normalized spacial score (nSPS) is 11.0. The van der Waals surface area contributed by atoms with E-state index in [0.717, 1.165) is 0 Å². The Morgan fingerprint density at radius 2 is 1.43 bits per heavy atom. The number of halogens is 2. The Morgan fingerprint density at radius 3 is 2.09 bits per heavy atom. The van der Waals surface area contributed by atoms with Crippen LogP contribution in [0.15, 0.2) is 74.5 Å². The highest BCUT2D eigenvalue weighted by atomic mass is 35.5. The summed E-state index contributed by atoms with van der Waals surface area (Å²) in [5.41, 5.74) is 1.75. The first-order valence-electron chi connectivity index (χ1n) is 10.2. The van der Waals surface area contributed by atoms with Crippen LogP contribution in [-0.4, -0.2) is 34.1 Å². The van der Waals surface area contributed by atoms with Crippen molar-refractivity contribution in [1.82, 2.24) is 19.9 Å². The van der Waals surface area contributed by atoms with Crippen LogP contribution in [0.3, 0.4) is 0 Å². The fourth-order valence-electron chi connectivity index (χ4n) is 3.58. The summed E-state index contributed by atoms with van der Waals surface area (Å²) in [5.74, 6) is 0.548. The molecule has 5 aromatic rings. The molecule has 5 rings (SSSR count). The second-order valence-corrected chi connectivity index (χ2v) is 8.03. The molecular formula is C24H16Cl2N4O5. The molecule has 2 heterocycles. The van der Waals surface area contributed by atoms with Gasteiger partial charge in [-0.25, -0.2) is 9.36 Å². The SMILES string of the molecule is COc1cc(-c2nc(-c3ccccc3Cl)no2)c(-n2c(-c3ccccc3Cl)noc2=O)cc1OC. The summed E-state index contributed by atoms with van der Waals surface area (Å²) in [6.07, 6.45) is 0. The molecule has 0 N–H and O–H groups in total. The van der Waals surface area contributed by atoms with E-state index >= 15 is 0 Å². The van der Waals surface area contributed by atoms with Gasteiger partial charge >= 0.3 is 5.76 Å². The quantitative estimate of drug-likeness (QED) is 0.293. The van der Waals surface area contributed by atoms with E-state index in [1.54, 1.807) is 54.6 Å². The van der Waals surface area contributed by atoms with Gasteiger partial charge in [-0.2, -0.15) is 4.98 Å². The molecule has 0 radical (unpaired) electrons. The topological polar surface area (TPSA) is 105 Å². The molecule has 0 aliphatic heterocycles. The number of ether oxygens (including phenoxy) is 2. The van der Waals surface area contributed by atoms with Crippen LogP contribution in [0.25, 0.3) is 39.9 Å². The van der Waals surface area contributed by atoms with E-state index in [0.29, 0.717) is 43.9 Å². The molecule has 0 spiro atoms. The maximum atomic E-state index is 12.9. The molecule has 2 aromatic heterocycles. The lowest BCUT2D eigenvalue weighted by Gasteiger charge is -2.14. The van der Waals surface area contributed by atoms with Crippen molar-refractivity contribution in [2.45, 2.75) is 0 Å². The highest BCUT2D eigenvalue weighted by molar-refractivity contribution is 6.33. The Morgan fingerprint density at radius 1 is 0.800 bits per heavy atom. The number of hydrogen-bond acceptors (Lipinski definition) is 8. The van der Waals surface area contributed by atoms with Crippen molar-refractivity contribution in [3.63, 3.8) is 0 Å². The number of methoxy groups -OCH3 is 2. The molecule has 9 nitrogen and oxygen atoms in total. The fraction of sp³-hybridized carbons (Fsp3) is 0.0833. The molecule has 0 saturated heterocycles. The van der Waals surface area contributed by atoms with Crippen LogP contribution in [0, 0.1) is 0 Å². The molecule has 35 heavy (non-hydrogen) atoms. The molecule has 0 aliphatic carbocycles. The minimum Gasteiger partial charge on any atom is -0.493 e. The van der Waals surface area contributed by atoms with Gasteiger partial charge in [0.05, 0.1) is 35.5 Å². The van der Waals surface area contributed by atoms with Crippen LogP contribution in [0.2, 0.25) is 10.0 Å². The average Bonchev–Trinajstić information content (AvgIpc) is 3.51. The van der Waals surface area contributed by atoms with Crippen molar-refractivity contribution in [2.75, 3.05) is 14.2 Å². The summed E-state index contributed by atoms with van der Waals surface area (Å²) in [4.78, 5) is 17.4. The van der Waals surface area contributed by atoms with E-state index in [4.69, 9.17) is 41.7 Å². The second kappa shape index (κ2) is 9.28. The lowest BCUT2D eigenvalue weighted by atomic mass is 10.1. The van der Waals surface area contributed by atoms with Gasteiger partial charge in [0.25, 0.3) is 5.89 Å². The van der Waals surface area contributed by atoms with Crippen LogP contribution >= 0.6 is 23.2 Å². The van der Waals surface area contributed by atoms with Gasteiger partial charge in [0.15, 0.2) is 17.3 Å². The fourth-order valence-corrected chi connectivity index (χ4v) is 4.02. The summed E-state index contributed by atoms with van der Waals surface area (Å²) < 4.78 is 22.8. The lowest BCUT2D eigenvalue weighted by Crippen LogP contribution is -2.15. The van der Waals surface area contributed by atoms with Gasteiger partial charge in [-0.3, -0.25) is 4.52 Å². The second-order valence-electron chi connectivity index (χ2n) is 7.21. The molecule has 0 atom stereocenters. The molecule has 11 heteroatoms. The predicted molar refractivity (Wildman–Crippen MR) is 129 cm³/mol. The van der Waals surface area contributed by atoms with Gasteiger partial charge < -0.3 is 14.0 Å². The standard InChI is InChI=1S/C24H16Cl2N4O5/c1-32-19-11-15(23-27-21(28-34-23)13-7-3-5-9-16(13)25)18(12-20(19)33-2)30-22(29-35-24(30)31)14-8-4-6-10-17(14)26/h3-12H,1-2H3. The van der Waals surface area contributed by atoms with Crippen LogP contribution in [0.5, 0.6) is 11.5 Å². The Hall–Kier alpha value is -4.08. The average molecular weight is 511 g/mol. The third kappa shape index (κ3) is 4.05. The first-order valence-corrected chi connectivity index (χ1v) is 11.0. The largest absolute Gasteiger partial charge is 0.493 e. The molecule has 0 saturated carbocycles. The summed E-state index contributed by atoms with van der Waals surface area (Å²) in [6.45, 7) is 0. The summed E-state index contributed by atoms with van der Waals surface area (Å²) in [5, 5.41) is 8.87. The molecule has 3 aromatic carbocycles. The van der Waals surface area contributed by atoms with Gasteiger partial charge in [-0.15, -0.1) is 0 Å². The highest BCUT2D eigenvalue weighted by Gasteiger charge is 2.25. The number of rotatable bonds is 6. The number of nitrogens with zero attached hydrogens (tertiary/aromatic N) is 4. The van der Waals surface area contributed by atoms with Gasteiger partial charge in [0.2, 0.25) is 5.82 Å². The van der Waals surface area contributed by atoms with E-state index in [1.165, 1.54) is 18.8 Å². The van der Waals surface area contributed by atoms with Gasteiger partial charge in [0.1, 0.15) is 0 Å². The van der Waals surface area contributed by atoms with Gasteiger partial charge in [0, 0.05) is 17.2 Å². The number of benzene rings is 3. The zero-order valence-electron chi connectivity index (χ0n) is 18.4. The molecule has 0 aliphatic rings. The molecular weight excluding hydrogens is 495 g/mol. The van der Waals surface area contributed by atoms with Gasteiger partial charge in [-0.05, 0) is 30.3 Å². The van der Waals surface area contributed by atoms with Crippen molar-refractivity contribution >= 4 is 23.2 Å². The monoisotopic (exact) mass is 510 g/mol. The Bertz CT molecular complexity index is 1590. The number of aromatic nitrogens is 4. The van der Waals surface area contributed by atoms with Crippen LogP contribution in [-0.2, 0) is 0 Å². The molecule has 0 unspecified atom stereocenters. The lowest BCUT2D eigenvalue weighted by molar-refractivity contribution is 0.354. The van der Waals surface area contributed by atoms with Crippen molar-refractivity contribution in [2.24, 2.45) is 0 Å². The third-order valence-electron chi connectivity index (χ3n) is 5.23. The molecule has 176 valence electrons. The third-order valence-corrected chi connectivity index (χ3v) is 5.89. The van der Waals surface area contributed by atoms with Crippen LogP contribution in [0.1, 0.15) is 0 Å². The van der Waals surface area contributed by atoms with E-state index in [9.17, 15) is 4.79 Å². The van der Waals surface area contributed by atoms with E-state index in [2.05, 4.69) is 15.3 Å². The summed E-state index contributed by atoms with van der Waals surface area (Å²) >= 11 is 12.7. The van der Waals surface area contributed by atoms with Crippen LogP contribution < -0.4 is 15.2 Å². The van der Waals surface area contributed by atoms with E-state index in [-0.39, 0.29) is 17.5 Å². The van der Waals surface area contributed by atoms with Crippen molar-refractivity contribution in [3.8, 4) is 51.4 Å². The summed E-state index contributed by atoms with van der Waals surface area (Å²) in [7, 11) is 2.97. The Balaban J connectivity index is 1.76. The minimum atomic E-state index is -0.751. The molecule has 0 fully saturated rings. The van der Waals surface area contributed by atoms with Gasteiger partial charge in [-0.1, -0.05) is 57.8 Å². The van der Waals surface area contributed by atoms with E-state index in [1.807, 2.05) is 6.07 Å².